The van der Waals surface area contributed by atoms with Gasteiger partial charge in [-0.05, 0) is 84.5 Å². The number of halogens is 1. The molecule has 246 valence electrons. The molecule has 1 atom stereocenters. The second-order valence-electron chi connectivity index (χ2n) is 12.4. The van der Waals surface area contributed by atoms with Crippen molar-refractivity contribution >= 4 is 38.3 Å². The van der Waals surface area contributed by atoms with Crippen LogP contribution in [0.5, 0.6) is 5.75 Å². The molecule has 11 nitrogen and oxygen atoms in total. The number of hydrogen-bond donors (Lipinski definition) is 2. The smallest absolute Gasteiger partial charge is 0.434 e. The van der Waals surface area contributed by atoms with Crippen LogP contribution in [0.15, 0.2) is 74.8 Å². The summed E-state index contributed by atoms with van der Waals surface area (Å²) in [6.45, 7) is 1.25. The van der Waals surface area contributed by atoms with Crippen LogP contribution in [0.4, 0.5) is 10.2 Å². The van der Waals surface area contributed by atoms with Gasteiger partial charge in [0.05, 0.1) is 34.5 Å². The lowest BCUT2D eigenvalue weighted by Crippen LogP contribution is -2.16. The molecule has 0 spiro atoms. The van der Waals surface area contributed by atoms with Crippen LogP contribution in [-0.2, 0) is 32.4 Å². The number of fused-ring (bicyclic) bond motifs is 5. The first-order valence-electron chi connectivity index (χ1n) is 16.2. The Hall–Kier alpha value is -5.56. The van der Waals surface area contributed by atoms with Gasteiger partial charge in [0.25, 0.3) is 11.4 Å². The van der Waals surface area contributed by atoms with Crippen molar-refractivity contribution in [1.29, 1.82) is 0 Å². The van der Waals surface area contributed by atoms with Gasteiger partial charge in [-0.15, -0.1) is 16.4 Å². The maximum absolute atomic E-state index is 14.1. The van der Waals surface area contributed by atoms with Crippen LogP contribution in [0.1, 0.15) is 41.3 Å². The van der Waals surface area contributed by atoms with Crippen LogP contribution >= 0.6 is 11.3 Å². The summed E-state index contributed by atoms with van der Waals surface area (Å²) in [6, 6.07) is 16.6. The lowest BCUT2D eigenvalue weighted by molar-refractivity contribution is 0.410. The van der Waals surface area contributed by atoms with Crippen molar-refractivity contribution in [2.75, 3.05) is 12.4 Å². The Kier molecular flexibility index (Phi) is 6.97. The zero-order chi connectivity index (χ0) is 33.2. The number of nitrogens with one attached hydrogen (secondary N) is 2. The zero-order valence-electron chi connectivity index (χ0n) is 26.5. The number of ether oxygens (including phenoxy) is 1. The molecule has 0 amide bonds. The number of nitrogens with zero attached hydrogens (tertiary/aromatic N) is 5. The standard InChI is InChI=1S/C36H30FN7O4S/c1-47-26-5-2-4-22-23(26)11-13-24(22)39-32-31-20(14-15-38-32)18-27(49-31)29-28(34-41-42-36(46)48-34)25(12-8-19-6-9-21(37)10-7-19)40-33-30(29)35(45)44-17-3-16-43(33)44/h2,4-7,9-10,14-15,18,24H,3,8,11-13,16-17H2,1H3,(H,38,39)(H,42,46)/t24-/m1/s1. The van der Waals surface area contributed by atoms with Crippen molar-refractivity contribution in [3.63, 3.8) is 0 Å². The number of pyridine rings is 2. The Labute approximate surface area is 282 Å². The molecule has 0 fully saturated rings. The van der Waals surface area contributed by atoms with Gasteiger partial charge in [0, 0.05) is 29.7 Å². The van der Waals surface area contributed by atoms with E-state index in [0.29, 0.717) is 53.8 Å². The molecule has 1 aliphatic carbocycles. The highest BCUT2D eigenvalue weighted by atomic mass is 32.1. The van der Waals surface area contributed by atoms with Gasteiger partial charge in [-0.3, -0.25) is 9.48 Å². The molecule has 1 aliphatic heterocycles. The number of rotatable bonds is 8. The largest absolute Gasteiger partial charge is 0.496 e. The maximum atomic E-state index is 14.1. The van der Waals surface area contributed by atoms with E-state index in [9.17, 15) is 14.0 Å². The molecule has 6 heterocycles. The van der Waals surface area contributed by atoms with Gasteiger partial charge in [0.1, 0.15) is 17.4 Å². The van der Waals surface area contributed by atoms with Crippen LogP contribution in [0.3, 0.4) is 0 Å². The van der Waals surface area contributed by atoms with Crippen molar-refractivity contribution in [2.45, 2.75) is 51.2 Å². The minimum absolute atomic E-state index is 0.0599. The third-order valence-electron chi connectivity index (χ3n) is 9.63. The summed E-state index contributed by atoms with van der Waals surface area (Å²) in [6.07, 6.45) is 5.41. The van der Waals surface area contributed by atoms with E-state index in [1.165, 1.54) is 34.6 Å². The third kappa shape index (κ3) is 4.87. The topological polar surface area (TPSA) is 133 Å². The number of H-pyrrole nitrogens is 1. The normalized spacial score (nSPS) is 15.3. The summed E-state index contributed by atoms with van der Waals surface area (Å²) in [5.41, 5.74) is 5.50. The van der Waals surface area contributed by atoms with Crippen LogP contribution in [0.25, 0.3) is 43.0 Å². The number of aromatic amines is 1. The van der Waals surface area contributed by atoms with Crippen LogP contribution in [0.2, 0.25) is 0 Å². The van der Waals surface area contributed by atoms with Gasteiger partial charge in [0.15, 0.2) is 5.65 Å². The first-order chi connectivity index (χ1) is 24.0. The van der Waals surface area contributed by atoms with Gasteiger partial charge in [-0.2, -0.15) is 0 Å². The minimum Gasteiger partial charge on any atom is -0.496 e. The van der Waals surface area contributed by atoms with Crippen LogP contribution in [0, 0.1) is 5.82 Å². The summed E-state index contributed by atoms with van der Waals surface area (Å²) >= 11 is 1.52. The molecular weight excluding hydrogens is 646 g/mol. The van der Waals surface area contributed by atoms with E-state index >= 15 is 0 Å². The summed E-state index contributed by atoms with van der Waals surface area (Å²) in [5, 5.41) is 11.7. The average Bonchev–Trinajstić information content (AvgIpc) is 3.95. The van der Waals surface area contributed by atoms with Gasteiger partial charge in [-0.1, -0.05) is 24.3 Å². The molecule has 7 aromatic rings. The van der Waals surface area contributed by atoms with E-state index in [-0.39, 0.29) is 23.3 Å². The van der Waals surface area contributed by atoms with E-state index in [4.69, 9.17) is 19.1 Å². The first kappa shape index (κ1) is 29.6. The molecule has 0 bridgehead atoms. The number of benzene rings is 2. The maximum Gasteiger partial charge on any atom is 0.434 e. The summed E-state index contributed by atoms with van der Waals surface area (Å²) in [4.78, 5) is 37.1. The van der Waals surface area contributed by atoms with Crippen molar-refractivity contribution in [1.82, 2.24) is 29.5 Å². The highest BCUT2D eigenvalue weighted by Crippen LogP contribution is 2.46. The quantitative estimate of drug-likeness (QED) is 0.193. The fourth-order valence-corrected chi connectivity index (χ4v) is 8.57. The molecular formula is C36H30FN7O4S. The zero-order valence-corrected chi connectivity index (χ0v) is 27.3. The van der Waals surface area contributed by atoms with Gasteiger partial charge in [0.2, 0.25) is 0 Å². The highest BCUT2D eigenvalue weighted by molar-refractivity contribution is 7.23. The number of thiophene rings is 1. The fourth-order valence-electron chi connectivity index (χ4n) is 7.41. The summed E-state index contributed by atoms with van der Waals surface area (Å²) in [7, 11) is 1.70. The SMILES string of the molecule is COc1cccc2c1CC[C@H]2Nc1nccc2cc(-c3c(-c4n[nH]c(=O)o4)c(CCc4ccc(F)cc4)nc4c3c(=O)n3n4CCC3)sc12. The van der Waals surface area contributed by atoms with Gasteiger partial charge in [-0.25, -0.2) is 28.9 Å². The van der Waals surface area contributed by atoms with E-state index in [1.807, 2.05) is 22.9 Å². The molecule has 49 heavy (non-hydrogen) atoms. The van der Waals surface area contributed by atoms with E-state index in [2.05, 4.69) is 27.6 Å². The number of anilines is 1. The molecule has 0 saturated carbocycles. The second kappa shape index (κ2) is 11.5. The monoisotopic (exact) mass is 675 g/mol. The molecule has 13 heteroatoms. The Bertz CT molecular complexity index is 2530. The molecule has 0 radical (unpaired) electrons. The van der Waals surface area contributed by atoms with Gasteiger partial charge >= 0.3 is 5.76 Å². The molecule has 5 aromatic heterocycles. The highest BCUT2D eigenvalue weighted by Gasteiger charge is 2.31. The van der Waals surface area contributed by atoms with Crippen molar-refractivity contribution in [3.05, 3.63) is 110 Å². The Morgan fingerprint density at radius 3 is 2.76 bits per heavy atom. The Morgan fingerprint density at radius 1 is 1.08 bits per heavy atom. The van der Waals surface area contributed by atoms with Crippen molar-refractivity contribution in [2.24, 2.45) is 0 Å². The Morgan fingerprint density at radius 2 is 1.94 bits per heavy atom. The molecule has 2 N–H and O–H groups in total. The Balaban J connectivity index is 1.23. The molecule has 2 aliphatic rings. The molecule has 2 aromatic carbocycles. The van der Waals surface area contributed by atoms with E-state index in [0.717, 1.165) is 51.4 Å². The van der Waals surface area contributed by atoms with Crippen molar-refractivity contribution in [3.8, 4) is 27.6 Å². The number of aryl methyl sites for hydroxylation is 3. The summed E-state index contributed by atoms with van der Waals surface area (Å²) in [5.74, 6) is 0.692. The molecule has 9 rings (SSSR count). The fraction of sp³-hybridized carbons (Fsp3) is 0.250. The van der Waals surface area contributed by atoms with Gasteiger partial charge < -0.3 is 14.5 Å². The van der Waals surface area contributed by atoms with E-state index in [1.54, 1.807) is 30.1 Å². The third-order valence-corrected chi connectivity index (χ3v) is 10.8. The number of aromatic nitrogens is 6. The summed E-state index contributed by atoms with van der Waals surface area (Å²) < 4.78 is 29.5. The minimum atomic E-state index is -0.706. The number of hydrogen-bond acceptors (Lipinski definition) is 9. The van der Waals surface area contributed by atoms with Crippen LogP contribution in [-0.4, -0.2) is 36.6 Å². The number of methoxy groups -OCH3 is 1. The van der Waals surface area contributed by atoms with Crippen LogP contribution < -0.4 is 21.4 Å². The van der Waals surface area contributed by atoms with E-state index < -0.39 is 5.76 Å². The lowest BCUT2D eigenvalue weighted by Gasteiger charge is -2.16. The lowest BCUT2D eigenvalue weighted by atomic mass is 9.97. The second-order valence-corrected chi connectivity index (χ2v) is 13.5. The predicted octanol–water partition coefficient (Wildman–Crippen LogP) is 6.25. The average molecular weight is 676 g/mol. The molecule has 0 saturated heterocycles. The van der Waals surface area contributed by atoms with Crippen molar-refractivity contribution < 1.29 is 13.5 Å². The first-order valence-corrected chi connectivity index (χ1v) is 17.1. The molecule has 0 unspecified atom stereocenters. The predicted molar refractivity (Wildman–Crippen MR) is 185 cm³/mol.